The fraction of sp³-hybridized carbons (Fsp3) is 0.188. The van der Waals surface area contributed by atoms with Gasteiger partial charge >= 0.3 is 5.97 Å². The monoisotopic (exact) mass is 329 g/mol. The minimum absolute atomic E-state index is 0.0456. The molecule has 0 unspecified atom stereocenters. The Balaban J connectivity index is 1.52. The van der Waals surface area contributed by atoms with Crippen LogP contribution in [-0.2, 0) is 17.9 Å². The van der Waals surface area contributed by atoms with Crippen LogP contribution in [0.5, 0.6) is 0 Å². The molecule has 3 aromatic rings. The molecule has 1 aromatic carbocycles. The second-order valence-electron chi connectivity index (χ2n) is 4.89. The molecule has 0 aliphatic heterocycles. The number of rotatable bonds is 6. The van der Waals surface area contributed by atoms with Crippen molar-refractivity contribution < 1.29 is 14.1 Å². The first-order valence-corrected chi connectivity index (χ1v) is 7.91. The smallest absolute Gasteiger partial charge is 0.358 e. The first-order valence-electron chi connectivity index (χ1n) is 7.03. The number of carbonyl (C=O) groups is 1. The summed E-state index contributed by atoms with van der Waals surface area (Å²) in [5, 5.41) is 9.26. The van der Waals surface area contributed by atoms with Crippen molar-refractivity contribution in [1.29, 1.82) is 0 Å². The summed E-state index contributed by atoms with van der Waals surface area (Å²) >= 11 is 1.36. The van der Waals surface area contributed by atoms with E-state index in [9.17, 15) is 4.79 Å². The molecule has 2 heterocycles. The Kier molecular flexibility index (Phi) is 4.68. The molecule has 0 spiro atoms. The Labute approximate surface area is 137 Å². The average Bonchev–Trinajstić information content (AvgIpc) is 3.21. The second-order valence-corrected chi connectivity index (χ2v) is 5.75. The van der Waals surface area contributed by atoms with Gasteiger partial charge in [0.2, 0.25) is 0 Å². The molecule has 6 nitrogen and oxygen atoms in total. The Bertz CT molecular complexity index is 783. The number of aromatic nitrogens is 2. The molecule has 0 saturated carbocycles. The van der Waals surface area contributed by atoms with Crippen LogP contribution in [0, 0.1) is 6.92 Å². The fourth-order valence-electron chi connectivity index (χ4n) is 1.92. The third kappa shape index (κ3) is 4.17. The van der Waals surface area contributed by atoms with Gasteiger partial charge in [-0.25, -0.2) is 9.78 Å². The second kappa shape index (κ2) is 7.06. The number of esters is 1. The Hall–Kier alpha value is -2.67. The summed E-state index contributed by atoms with van der Waals surface area (Å²) in [5.41, 5.74) is 2.17. The molecule has 118 valence electrons. The maximum absolute atomic E-state index is 11.9. The molecule has 7 heteroatoms. The van der Waals surface area contributed by atoms with E-state index in [-0.39, 0.29) is 12.3 Å². The lowest BCUT2D eigenvalue weighted by Crippen LogP contribution is -2.06. The molecule has 0 aliphatic carbocycles. The predicted molar refractivity (Wildman–Crippen MR) is 86.2 cm³/mol. The summed E-state index contributed by atoms with van der Waals surface area (Å²) in [4.78, 5) is 16.2. The number of thiazole rings is 1. The molecule has 0 saturated heterocycles. The van der Waals surface area contributed by atoms with E-state index >= 15 is 0 Å². The lowest BCUT2D eigenvalue weighted by molar-refractivity contribution is 0.0431. The van der Waals surface area contributed by atoms with Gasteiger partial charge in [0.25, 0.3) is 0 Å². The van der Waals surface area contributed by atoms with E-state index in [1.807, 2.05) is 30.3 Å². The fourth-order valence-corrected chi connectivity index (χ4v) is 2.60. The van der Waals surface area contributed by atoms with Gasteiger partial charge in [-0.2, -0.15) is 0 Å². The van der Waals surface area contributed by atoms with Gasteiger partial charge < -0.3 is 14.6 Å². The zero-order chi connectivity index (χ0) is 16.1. The van der Waals surface area contributed by atoms with Crippen molar-refractivity contribution in [3.63, 3.8) is 0 Å². The highest BCUT2D eigenvalue weighted by Gasteiger charge is 2.13. The number of hydrogen-bond acceptors (Lipinski definition) is 7. The van der Waals surface area contributed by atoms with Crippen LogP contribution < -0.4 is 5.32 Å². The first-order chi connectivity index (χ1) is 11.2. The predicted octanol–water partition coefficient (Wildman–Crippen LogP) is 3.41. The average molecular weight is 329 g/mol. The topological polar surface area (TPSA) is 77.2 Å². The van der Waals surface area contributed by atoms with Crippen LogP contribution in [0.25, 0.3) is 0 Å². The van der Waals surface area contributed by atoms with Gasteiger partial charge in [0.05, 0.1) is 5.69 Å². The van der Waals surface area contributed by atoms with E-state index in [0.29, 0.717) is 17.4 Å². The summed E-state index contributed by atoms with van der Waals surface area (Å²) in [6, 6.07) is 11.7. The standard InChI is InChI=1S/C16H15N3O3S/c1-11-7-13(22-19-11)9-21-15(20)14-10-23-16(18-14)17-8-12-5-3-2-4-6-12/h2-7,10H,8-9H2,1H3,(H,17,18). The lowest BCUT2D eigenvalue weighted by atomic mass is 10.2. The Morgan fingerprint density at radius 3 is 2.91 bits per heavy atom. The van der Waals surface area contributed by atoms with Crippen LogP contribution in [-0.4, -0.2) is 16.1 Å². The molecule has 0 amide bonds. The number of benzene rings is 1. The van der Waals surface area contributed by atoms with Gasteiger partial charge in [-0.05, 0) is 12.5 Å². The minimum atomic E-state index is -0.483. The Morgan fingerprint density at radius 1 is 1.35 bits per heavy atom. The summed E-state index contributed by atoms with van der Waals surface area (Å²) in [6.45, 7) is 2.50. The van der Waals surface area contributed by atoms with Crippen molar-refractivity contribution in [1.82, 2.24) is 10.1 Å². The van der Waals surface area contributed by atoms with Crippen LogP contribution in [0.1, 0.15) is 27.5 Å². The van der Waals surface area contributed by atoms with Crippen molar-refractivity contribution in [2.75, 3.05) is 5.32 Å². The van der Waals surface area contributed by atoms with Gasteiger partial charge in [0.15, 0.2) is 23.2 Å². The number of ether oxygens (including phenoxy) is 1. The van der Waals surface area contributed by atoms with Crippen molar-refractivity contribution in [3.8, 4) is 0 Å². The van der Waals surface area contributed by atoms with E-state index < -0.39 is 5.97 Å². The van der Waals surface area contributed by atoms with Crippen LogP contribution in [0.4, 0.5) is 5.13 Å². The molecule has 23 heavy (non-hydrogen) atoms. The third-order valence-corrected chi connectivity index (χ3v) is 3.82. The summed E-state index contributed by atoms with van der Waals surface area (Å²) in [5.74, 6) is 0.0246. The maximum atomic E-state index is 11.9. The van der Waals surface area contributed by atoms with Crippen LogP contribution in [0.15, 0.2) is 46.3 Å². The SMILES string of the molecule is Cc1cc(COC(=O)c2csc(NCc3ccccc3)n2)on1. The van der Waals surface area contributed by atoms with E-state index in [4.69, 9.17) is 9.26 Å². The van der Waals surface area contributed by atoms with E-state index in [1.165, 1.54) is 11.3 Å². The van der Waals surface area contributed by atoms with Gasteiger partial charge in [0, 0.05) is 18.0 Å². The largest absolute Gasteiger partial charge is 0.453 e. The zero-order valence-electron chi connectivity index (χ0n) is 12.5. The molecule has 2 aromatic heterocycles. The quantitative estimate of drug-likeness (QED) is 0.698. The molecule has 0 aliphatic rings. The van der Waals surface area contributed by atoms with Crippen molar-refractivity contribution in [2.45, 2.75) is 20.1 Å². The number of nitrogens with zero attached hydrogens (tertiary/aromatic N) is 2. The van der Waals surface area contributed by atoms with E-state index in [2.05, 4.69) is 15.5 Å². The molecular formula is C16H15N3O3S. The summed E-state index contributed by atoms with van der Waals surface area (Å²) < 4.78 is 10.1. The first kappa shape index (κ1) is 15.2. The van der Waals surface area contributed by atoms with Crippen molar-refractivity contribution in [2.24, 2.45) is 0 Å². The van der Waals surface area contributed by atoms with Crippen LogP contribution >= 0.6 is 11.3 Å². The zero-order valence-corrected chi connectivity index (χ0v) is 13.3. The van der Waals surface area contributed by atoms with Crippen LogP contribution in [0.3, 0.4) is 0 Å². The van der Waals surface area contributed by atoms with E-state index in [1.54, 1.807) is 18.4 Å². The van der Waals surface area contributed by atoms with Crippen molar-refractivity contribution >= 4 is 22.4 Å². The van der Waals surface area contributed by atoms with Gasteiger partial charge in [0.1, 0.15) is 0 Å². The number of anilines is 1. The van der Waals surface area contributed by atoms with Gasteiger partial charge in [-0.15, -0.1) is 11.3 Å². The third-order valence-electron chi connectivity index (χ3n) is 3.02. The van der Waals surface area contributed by atoms with Gasteiger partial charge in [-0.1, -0.05) is 35.5 Å². The Morgan fingerprint density at radius 2 is 2.17 bits per heavy atom. The highest BCUT2D eigenvalue weighted by molar-refractivity contribution is 7.13. The lowest BCUT2D eigenvalue weighted by Gasteiger charge is -2.02. The number of nitrogens with one attached hydrogen (secondary N) is 1. The number of hydrogen-bond donors (Lipinski definition) is 1. The molecule has 0 fully saturated rings. The normalized spacial score (nSPS) is 10.5. The molecule has 0 atom stereocenters. The number of aryl methyl sites for hydroxylation is 1. The molecule has 0 bridgehead atoms. The molecule has 3 rings (SSSR count). The van der Waals surface area contributed by atoms with Crippen molar-refractivity contribution in [3.05, 3.63) is 64.5 Å². The van der Waals surface area contributed by atoms with E-state index in [0.717, 1.165) is 11.3 Å². The van der Waals surface area contributed by atoms with Crippen LogP contribution in [0.2, 0.25) is 0 Å². The molecule has 0 radical (unpaired) electrons. The van der Waals surface area contributed by atoms with Gasteiger partial charge in [-0.3, -0.25) is 0 Å². The molecule has 1 N–H and O–H groups in total. The maximum Gasteiger partial charge on any atom is 0.358 e. The highest BCUT2D eigenvalue weighted by Crippen LogP contribution is 2.17. The summed E-state index contributed by atoms with van der Waals surface area (Å²) in [7, 11) is 0. The summed E-state index contributed by atoms with van der Waals surface area (Å²) in [6.07, 6.45) is 0. The highest BCUT2D eigenvalue weighted by atomic mass is 32.1. The molecular weight excluding hydrogens is 314 g/mol. The minimum Gasteiger partial charge on any atom is -0.453 e. The number of carbonyl (C=O) groups excluding carboxylic acids is 1.